The topological polar surface area (TPSA) is 104 Å². The van der Waals surface area contributed by atoms with Crippen LogP contribution in [0.4, 0.5) is 11.4 Å². The lowest BCUT2D eigenvalue weighted by molar-refractivity contribution is -0.122. The van der Waals surface area contributed by atoms with Gasteiger partial charge in [0.15, 0.2) is 0 Å². The van der Waals surface area contributed by atoms with Crippen molar-refractivity contribution in [2.24, 2.45) is 11.8 Å². The van der Waals surface area contributed by atoms with Crippen molar-refractivity contribution >= 4 is 66.9 Å². The number of hydrogen-bond acceptors (Lipinski definition) is 4. The minimum atomic E-state index is -1.10. The molecule has 41 heavy (non-hydrogen) atoms. The number of amides is 3. The van der Waals surface area contributed by atoms with Crippen LogP contribution in [-0.2, 0) is 18.2 Å². The van der Waals surface area contributed by atoms with E-state index in [4.69, 9.17) is 0 Å². The van der Waals surface area contributed by atoms with Gasteiger partial charge < -0.3 is 10.4 Å². The highest BCUT2D eigenvalue weighted by atomic mass is 79.9. The number of anilines is 2. The maximum Gasteiger partial charge on any atom is 0.335 e. The standard InChI is InChI=1S/C32H20Br2N2O5/c33-31-21-8-1-2-9-22(21)32(34,24-11-4-3-10-23(24)31)26-25(31)28(38)36(29(26)39)20-14-12-17(13-15-20)27(37)35-19-7-5-6-18(16-19)30(40)41/h1-16,25-26H,(H,35,37)(H,40,41)/t25-,26-,31?,32?/m0/s1. The monoisotopic (exact) mass is 670 g/mol. The highest BCUT2D eigenvalue weighted by Crippen LogP contribution is 2.70. The second kappa shape index (κ2) is 8.96. The summed E-state index contributed by atoms with van der Waals surface area (Å²) < 4.78 is -1.77. The van der Waals surface area contributed by atoms with Crippen molar-refractivity contribution in [3.05, 3.63) is 130 Å². The molecule has 3 amide bonds. The van der Waals surface area contributed by atoms with E-state index in [-0.39, 0.29) is 17.4 Å². The molecule has 4 aromatic rings. The van der Waals surface area contributed by atoms with Crippen LogP contribution >= 0.6 is 31.9 Å². The second-order valence-corrected chi connectivity index (χ2v) is 12.9. The van der Waals surface area contributed by atoms with Crippen LogP contribution in [0.3, 0.4) is 0 Å². The number of carboxylic acids is 1. The third kappa shape index (κ3) is 3.42. The summed E-state index contributed by atoms with van der Waals surface area (Å²) in [6.07, 6.45) is 0. The predicted octanol–water partition coefficient (Wildman–Crippen LogP) is 6.05. The summed E-state index contributed by atoms with van der Waals surface area (Å²) in [4.78, 5) is 53.7. The van der Waals surface area contributed by atoms with Gasteiger partial charge in [0.1, 0.15) is 0 Å². The van der Waals surface area contributed by atoms with Crippen molar-refractivity contribution in [2.75, 3.05) is 10.2 Å². The van der Waals surface area contributed by atoms with E-state index in [0.29, 0.717) is 16.9 Å². The molecule has 2 N–H and O–H groups in total. The Hall–Kier alpha value is -4.08. The largest absolute Gasteiger partial charge is 0.478 e. The lowest BCUT2D eigenvalue weighted by atomic mass is 9.54. The van der Waals surface area contributed by atoms with Gasteiger partial charge in [-0.05, 0) is 64.7 Å². The van der Waals surface area contributed by atoms with Gasteiger partial charge in [0, 0.05) is 11.3 Å². The van der Waals surface area contributed by atoms with Crippen molar-refractivity contribution < 1.29 is 24.3 Å². The normalized spacial score (nSPS) is 25.4. The fourth-order valence-corrected chi connectivity index (χ4v) is 8.92. The van der Waals surface area contributed by atoms with Gasteiger partial charge >= 0.3 is 5.97 Å². The fourth-order valence-electron chi connectivity index (χ4n) is 6.62. The number of alkyl halides is 2. The number of aromatic carboxylic acids is 1. The molecule has 4 aliphatic rings. The summed E-state index contributed by atoms with van der Waals surface area (Å²) in [5.74, 6) is -3.55. The first-order valence-corrected chi connectivity index (χ1v) is 14.5. The van der Waals surface area contributed by atoms with Crippen LogP contribution in [0.25, 0.3) is 0 Å². The summed E-state index contributed by atoms with van der Waals surface area (Å²) in [7, 11) is 0. The van der Waals surface area contributed by atoms with Crippen molar-refractivity contribution in [3.8, 4) is 0 Å². The van der Waals surface area contributed by atoms with Gasteiger partial charge in [0.05, 0.1) is 31.7 Å². The number of hydrogen-bond donors (Lipinski definition) is 2. The molecule has 2 bridgehead atoms. The van der Waals surface area contributed by atoms with Crippen LogP contribution in [0.1, 0.15) is 43.0 Å². The zero-order valence-corrected chi connectivity index (χ0v) is 24.3. The minimum Gasteiger partial charge on any atom is -0.478 e. The van der Waals surface area contributed by atoms with Crippen molar-refractivity contribution in [1.29, 1.82) is 0 Å². The zero-order valence-electron chi connectivity index (χ0n) is 21.2. The molecule has 1 saturated heterocycles. The molecule has 0 saturated carbocycles. The van der Waals surface area contributed by atoms with E-state index in [1.807, 2.05) is 48.5 Å². The number of carbonyl (C=O) groups is 4. The summed E-state index contributed by atoms with van der Waals surface area (Å²) in [6.45, 7) is 0. The predicted molar refractivity (Wildman–Crippen MR) is 160 cm³/mol. The van der Waals surface area contributed by atoms with Crippen LogP contribution in [0.2, 0.25) is 0 Å². The van der Waals surface area contributed by atoms with Crippen LogP contribution in [-0.4, -0.2) is 28.8 Å². The minimum absolute atomic E-state index is 0.0538. The molecule has 1 aliphatic heterocycles. The maximum absolute atomic E-state index is 14.2. The number of benzene rings is 4. The Bertz CT molecular complexity index is 1700. The van der Waals surface area contributed by atoms with Gasteiger partial charge in [0.2, 0.25) is 11.8 Å². The van der Waals surface area contributed by atoms with Crippen molar-refractivity contribution in [1.82, 2.24) is 0 Å². The first-order chi connectivity index (χ1) is 19.7. The van der Waals surface area contributed by atoms with E-state index in [2.05, 4.69) is 37.2 Å². The van der Waals surface area contributed by atoms with Crippen LogP contribution in [0, 0.1) is 11.8 Å². The zero-order chi connectivity index (χ0) is 28.7. The molecule has 0 unspecified atom stereocenters. The molecule has 202 valence electrons. The Morgan fingerprint density at radius 1 is 0.683 bits per heavy atom. The molecule has 1 heterocycles. The van der Waals surface area contributed by atoms with E-state index in [0.717, 1.165) is 22.3 Å². The van der Waals surface area contributed by atoms with Gasteiger partial charge in [-0.2, -0.15) is 0 Å². The fraction of sp³-hybridized carbons (Fsp3) is 0.125. The molecule has 9 heteroatoms. The SMILES string of the molecule is O=C(O)c1cccc(NC(=O)c2ccc(N3C(=O)[C@@H]4[C@@H](C3=O)C3(Br)c5ccccc5C4(Br)c4ccccc43)cc2)c1. The molecule has 0 spiro atoms. The second-order valence-electron chi connectivity index (χ2n) is 10.4. The third-order valence-corrected chi connectivity index (χ3v) is 11.0. The number of nitrogens with zero attached hydrogens (tertiary/aromatic N) is 1. The van der Waals surface area contributed by atoms with Gasteiger partial charge in [-0.3, -0.25) is 14.4 Å². The number of carbonyl (C=O) groups excluding carboxylic acids is 3. The molecule has 0 radical (unpaired) electrons. The summed E-state index contributed by atoms with van der Waals surface area (Å²) in [5.41, 5.74) is 4.89. The van der Waals surface area contributed by atoms with Gasteiger partial charge in [0.25, 0.3) is 5.91 Å². The van der Waals surface area contributed by atoms with E-state index in [1.54, 1.807) is 36.4 Å². The Balaban J connectivity index is 1.24. The Morgan fingerprint density at radius 2 is 1.17 bits per heavy atom. The van der Waals surface area contributed by atoms with Crippen molar-refractivity contribution in [3.63, 3.8) is 0 Å². The number of rotatable bonds is 4. The van der Waals surface area contributed by atoms with E-state index in [1.165, 1.54) is 17.0 Å². The summed E-state index contributed by atoms with van der Waals surface area (Å²) in [5, 5.41) is 11.9. The quantitative estimate of drug-likeness (QED) is 0.203. The molecular weight excluding hydrogens is 652 g/mol. The van der Waals surface area contributed by atoms with E-state index < -0.39 is 32.4 Å². The summed E-state index contributed by atoms with van der Waals surface area (Å²) >= 11 is 7.99. The number of carboxylic acid groups (broad SMARTS) is 1. The molecule has 1 fully saturated rings. The number of nitrogens with one attached hydrogen (secondary N) is 1. The highest BCUT2D eigenvalue weighted by molar-refractivity contribution is 9.10. The highest BCUT2D eigenvalue weighted by Gasteiger charge is 2.72. The van der Waals surface area contributed by atoms with Gasteiger partial charge in [-0.15, -0.1) is 0 Å². The van der Waals surface area contributed by atoms with Crippen LogP contribution in [0.5, 0.6) is 0 Å². The first kappa shape index (κ1) is 25.9. The Labute approximate surface area is 251 Å². The average Bonchev–Trinajstić information content (AvgIpc) is 3.27. The smallest absolute Gasteiger partial charge is 0.335 e. The van der Waals surface area contributed by atoms with Gasteiger partial charge in [-0.1, -0.05) is 86.5 Å². The molecule has 2 atom stereocenters. The van der Waals surface area contributed by atoms with Crippen molar-refractivity contribution in [2.45, 2.75) is 8.65 Å². The van der Waals surface area contributed by atoms with Gasteiger partial charge in [-0.25, -0.2) is 9.69 Å². The Morgan fingerprint density at radius 3 is 1.63 bits per heavy atom. The molecular formula is C32H20Br2N2O5. The molecule has 4 aromatic carbocycles. The maximum atomic E-state index is 14.2. The number of imide groups is 1. The van der Waals surface area contributed by atoms with Crippen LogP contribution in [0.15, 0.2) is 97.1 Å². The molecule has 0 aromatic heterocycles. The Kier molecular flexibility index (Phi) is 5.65. The average molecular weight is 672 g/mol. The van der Waals surface area contributed by atoms with E-state index >= 15 is 0 Å². The molecule has 3 aliphatic carbocycles. The molecule has 8 rings (SSSR count). The number of halogens is 2. The third-order valence-electron chi connectivity index (χ3n) is 8.34. The summed E-state index contributed by atoms with van der Waals surface area (Å²) in [6, 6.07) is 28.0. The first-order valence-electron chi connectivity index (χ1n) is 12.9. The lowest BCUT2D eigenvalue weighted by Gasteiger charge is -2.55. The van der Waals surface area contributed by atoms with Crippen LogP contribution < -0.4 is 10.2 Å². The lowest BCUT2D eigenvalue weighted by Crippen LogP contribution is -2.56. The molecule has 7 nitrogen and oxygen atoms in total. The van der Waals surface area contributed by atoms with E-state index in [9.17, 15) is 24.3 Å².